The first-order valence-electron chi connectivity index (χ1n) is 7.53. The van der Waals surface area contributed by atoms with Crippen molar-refractivity contribution in [2.24, 2.45) is 5.92 Å². The summed E-state index contributed by atoms with van der Waals surface area (Å²) >= 11 is 0. The number of benzene rings is 1. The van der Waals surface area contributed by atoms with Crippen LogP contribution in [0.2, 0.25) is 0 Å². The van der Waals surface area contributed by atoms with Crippen molar-refractivity contribution < 1.29 is 14.6 Å². The zero-order valence-corrected chi connectivity index (χ0v) is 12.9. The van der Waals surface area contributed by atoms with Crippen molar-refractivity contribution in [3.05, 3.63) is 23.8 Å². The number of nitrogen functional groups attached to an aromatic ring is 1. The summed E-state index contributed by atoms with van der Waals surface area (Å²) in [7, 11) is 0. The van der Waals surface area contributed by atoms with Crippen LogP contribution in [-0.2, 0) is 0 Å². The second kappa shape index (κ2) is 9.23. The van der Waals surface area contributed by atoms with Crippen LogP contribution in [0, 0.1) is 5.92 Å². The van der Waals surface area contributed by atoms with Gasteiger partial charge in [0.2, 0.25) is 0 Å². The van der Waals surface area contributed by atoms with Crippen LogP contribution in [0.25, 0.3) is 0 Å². The average Bonchev–Trinajstić information content (AvgIpc) is 2.44. The fraction of sp³-hybridized carbons (Fsp3) is 0.562. The van der Waals surface area contributed by atoms with E-state index >= 15 is 0 Å². The lowest BCUT2D eigenvalue weighted by Crippen LogP contribution is -2.29. The number of nitrogens with two attached hydrogens (primary N) is 1. The monoisotopic (exact) mass is 294 g/mol. The number of aliphatic hydroxyl groups is 1. The highest BCUT2D eigenvalue weighted by Gasteiger charge is 2.12. The van der Waals surface area contributed by atoms with Crippen LogP contribution in [0.1, 0.15) is 43.5 Å². The summed E-state index contributed by atoms with van der Waals surface area (Å²) in [5, 5.41) is 11.9. The largest absolute Gasteiger partial charge is 0.494 e. The fourth-order valence-electron chi connectivity index (χ4n) is 2.28. The zero-order valence-electron chi connectivity index (χ0n) is 12.9. The molecular formula is C16H26N2O3. The van der Waals surface area contributed by atoms with Crippen LogP contribution < -0.4 is 15.8 Å². The molecule has 21 heavy (non-hydrogen) atoms. The predicted octanol–water partition coefficient (Wildman–Crippen LogP) is 2.20. The summed E-state index contributed by atoms with van der Waals surface area (Å²) in [6.07, 6.45) is 2.73. The molecule has 1 rings (SSSR count). The Labute approximate surface area is 126 Å². The summed E-state index contributed by atoms with van der Waals surface area (Å²) in [5.41, 5.74) is 6.79. The number of aliphatic hydroxyl groups excluding tert-OH is 1. The highest BCUT2D eigenvalue weighted by molar-refractivity contribution is 5.95. The fourth-order valence-corrected chi connectivity index (χ4v) is 2.28. The molecule has 1 atom stereocenters. The lowest BCUT2D eigenvalue weighted by molar-refractivity contribution is 0.0942. The van der Waals surface area contributed by atoms with Gasteiger partial charge in [0.05, 0.1) is 6.61 Å². The van der Waals surface area contributed by atoms with Gasteiger partial charge < -0.3 is 20.9 Å². The van der Waals surface area contributed by atoms with Crippen LogP contribution >= 0.6 is 0 Å². The third kappa shape index (κ3) is 6.04. The molecule has 0 spiro atoms. The molecule has 0 aliphatic carbocycles. The molecule has 1 aromatic rings. The first-order chi connectivity index (χ1) is 10.1. The number of carbonyl (C=O) groups excluding carboxylic acids is 1. The van der Waals surface area contributed by atoms with E-state index in [2.05, 4.69) is 12.2 Å². The minimum atomic E-state index is -0.165. The number of nitrogens with one attached hydrogen (secondary N) is 1. The quantitative estimate of drug-likeness (QED) is 0.610. The van der Waals surface area contributed by atoms with Crippen molar-refractivity contribution >= 4 is 11.6 Å². The van der Waals surface area contributed by atoms with Crippen molar-refractivity contribution in [3.63, 3.8) is 0 Å². The Morgan fingerprint density at radius 2 is 2.10 bits per heavy atom. The molecular weight excluding hydrogens is 268 g/mol. The maximum absolute atomic E-state index is 12.2. The van der Waals surface area contributed by atoms with Gasteiger partial charge in [-0.25, -0.2) is 0 Å². The maximum atomic E-state index is 12.2. The molecule has 1 aromatic carbocycles. The van der Waals surface area contributed by atoms with Crippen LogP contribution in [-0.4, -0.2) is 30.8 Å². The summed E-state index contributed by atoms with van der Waals surface area (Å²) in [5.74, 6) is 0.738. The van der Waals surface area contributed by atoms with Gasteiger partial charge in [0, 0.05) is 30.5 Å². The van der Waals surface area contributed by atoms with Crippen LogP contribution in [0.5, 0.6) is 5.75 Å². The van der Waals surface area contributed by atoms with Gasteiger partial charge in [0.1, 0.15) is 5.75 Å². The second-order valence-electron chi connectivity index (χ2n) is 5.10. The van der Waals surface area contributed by atoms with Gasteiger partial charge >= 0.3 is 0 Å². The Hall–Kier alpha value is -1.75. The summed E-state index contributed by atoms with van der Waals surface area (Å²) in [6, 6.07) is 5.03. The number of amides is 1. The first-order valence-corrected chi connectivity index (χ1v) is 7.53. The Morgan fingerprint density at radius 3 is 2.71 bits per heavy atom. The number of rotatable bonds is 9. The number of carbonyl (C=O) groups is 1. The second-order valence-corrected chi connectivity index (χ2v) is 5.10. The van der Waals surface area contributed by atoms with Gasteiger partial charge in [-0.15, -0.1) is 0 Å². The van der Waals surface area contributed by atoms with Gasteiger partial charge in [-0.05, 0) is 37.8 Å². The third-order valence-electron chi connectivity index (χ3n) is 3.29. The zero-order chi connectivity index (χ0) is 15.7. The molecule has 0 heterocycles. The SMILES string of the molecule is CCCC(CCO)CNC(=O)c1cc(N)cc(OCC)c1. The first kappa shape index (κ1) is 17.3. The molecule has 0 aliphatic rings. The Bertz CT molecular complexity index is 443. The van der Waals surface area contributed by atoms with E-state index in [-0.39, 0.29) is 12.5 Å². The Morgan fingerprint density at radius 1 is 1.33 bits per heavy atom. The molecule has 0 saturated heterocycles. The Balaban J connectivity index is 2.65. The summed E-state index contributed by atoms with van der Waals surface area (Å²) in [4.78, 5) is 12.2. The van der Waals surface area contributed by atoms with E-state index in [9.17, 15) is 4.79 Å². The number of ether oxygens (including phenoxy) is 1. The molecule has 1 amide bonds. The van der Waals surface area contributed by atoms with Gasteiger partial charge in [-0.1, -0.05) is 13.3 Å². The molecule has 0 radical (unpaired) electrons. The predicted molar refractivity (Wildman–Crippen MR) is 84.5 cm³/mol. The van der Waals surface area contributed by atoms with E-state index < -0.39 is 0 Å². The molecule has 4 N–H and O–H groups in total. The van der Waals surface area contributed by atoms with E-state index in [0.717, 1.165) is 12.8 Å². The molecule has 0 saturated carbocycles. The normalized spacial score (nSPS) is 12.0. The molecule has 118 valence electrons. The standard InChI is InChI=1S/C16H26N2O3/c1-3-5-12(6-7-19)11-18-16(20)13-8-14(17)10-15(9-13)21-4-2/h8-10,12,19H,3-7,11,17H2,1-2H3,(H,18,20). The smallest absolute Gasteiger partial charge is 0.251 e. The van der Waals surface area contributed by atoms with Crippen molar-refractivity contribution in [2.45, 2.75) is 33.1 Å². The maximum Gasteiger partial charge on any atom is 0.251 e. The van der Waals surface area contributed by atoms with Crippen LogP contribution in [0.3, 0.4) is 0 Å². The van der Waals surface area contributed by atoms with Gasteiger partial charge in [-0.2, -0.15) is 0 Å². The molecule has 0 fully saturated rings. The molecule has 1 unspecified atom stereocenters. The van der Waals surface area contributed by atoms with Crippen molar-refractivity contribution in [1.29, 1.82) is 0 Å². The molecule has 5 nitrogen and oxygen atoms in total. The van der Waals surface area contributed by atoms with Gasteiger partial charge in [0.25, 0.3) is 5.91 Å². The van der Waals surface area contributed by atoms with Crippen molar-refractivity contribution in [2.75, 3.05) is 25.5 Å². The van der Waals surface area contributed by atoms with Crippen molar-refractivity contribution in [1.82, 2.24) is 5.32 Å². The minimum Gasteiger partial charge on any atom is -0.494 e. The lowest BCUT2D eigenvalue weighted by atomic mass is 10.00. The molecule has 0 aliphatic heterocycles. The van der Waals surface area contributed by atoms with Crippen molar-refractivity contribution in [3.8, 4) is 5.75 Å². The molecule has 0 bridgehead atoms. The van der Waals surface area contributed by atoms with Gasteiger partial charge in [0.15, 0.2) is 0 Å². The summed E-state index contributed by atoms with van der Waals surface area (Å²) < 4.78 is 5.39. The van der Waals surface area contributed by atoms with E-state index in [4.69, 9.17) is 15.6 Å². The molecule has 0 aromatic heterocycles. The highest BCUT2D eigenvalue weighted by atomic mass is 16.5. The Kier molecular flexibility index (Phi) is 7.61. The highest BCUT2D eigenvalue weighted by Crippen LogP contribution is 2.19. The lowest BCUT2D eigenvalue weighted by Gasteiger charge is -2.16. The van der Waals surface area contributed by atoms with E-state index in [1.807, 2.05) is 6.92 Å². The van der Waals surface area contributed by atoms with E-state index in [0.29, 0.717) is 42.5 Å². The minimum absolute atomic E-state index is 0.146. The van der Waals surface area contributed by atoms with Crippen LogP contribution in [0.4, 0.5) is 5.69 Å². The number of hydrogen-bond donors (Lipinski definition) is 3. The van der Waals surface area contributed by atoms with E-state index in [1.165, 1.54) is 0 Å². The van der Waals surface area contributed by atoms with Gasteiger partial charge in [-0.3, -0.25) is 4.79 Å². The van der Waals surface area contributed by atoms with Crippen LogP contribution in [0.15, 0.2) is 18.2 Å². The topological polar surface area (TPSA) is 84.6 Å². The number of hydrogen-bond acceptors (Lipinski definition) is 4. The summed E-state index contributed by atoms with van der Waals surface area (Å²) in [6.45, 7) is 5.21. The third-order valence-corrected chi connectivity index (χ3v) is 3.29. The number of anilines is 1. The molecule has 5 heteroatoms. The van der Waals surface area contributed by atoms with E-state index in [1.54, 1.807) is 18.2 Å². The average molecular weight is 294 g/mol.